The van der Waals surface area contributed by atoms with Gasteiger partial charge in [-0.25, -0.2) is 0 Å². The minimum absolute atomic E-state index is 0.0301. The van der Waals surface area contributed by atoms with E-state index in [0.29, 0.717) is 30.9 Å². The SMILES string of the molecule is COc1ccc(C2CC(=O)N(CC(=O)NCCc3ccc(OC)c(OC)c3)c3ccccc3S2)cc1. The molecule has 0 aliphatic carbocycles. The second kappa shape index (κ2) is 11.9. The van der Waals surface area contributed by atoms with E-state index in [1.54, 1.807) is 38.0 Å². The summed E-state index contributed by atoms with van der Waals surface area (Å²) >= 11 is 1.64. The highest BCUT2D eigenvalue weighted by molar-refractivity contribution is 7.99. The van der Waals surface area contributed by atoms with Gasteiger partial charge >= 0.3 is 0 Å². The van der Waals surface area contributed by atoms with Gasteiger partial charge in [0.1, 0.15) is 12.3 Å². The van der Waals surface area contributed by atoms with Crippen LogP contribution in [0.2, 0.25) is 0 Å². The molecule has 0 bridgehead atoms. The maximum absolute atomic E-state index is 13.3. The van der Waals surface area contributed by atoms with Crippen LogP contribution in [0.25, 0.3) is 0 Å². The lowest BCUT2D eigenvalue weighted by Gasteiger charge is -2.22. The van der Waals surface area contributed by atoms with Crippen LogP contribution in [-0.4, -0.2) is 46.2 Å². The first-order valence-electron chi connectivity index (χ1n) is 11.7. The number of hydrogen-bond acceptors (Lipinski definition) is 6. The number of methoxy groups -OCH3 is 3. The van der Waals surface area contributed by atoms with E-state index in [1.165, 1.54) is 0 Å². The molecule has 1 N–H and O–H groups in total. The van der Waals surface area contributed by atoms with Crippen LogP contribution in [0, 0.1) is 0 Å². The van der Waals surface area contributed by atoms with Gasteiger partial charge in [-0.2, -0.15) is 0 Å². The smallest absolute Gasteiger partial charge is 0.240 e. The summed E-state index contributed by atoms with van der Waals surface area (Å²) in [6.07, 6.45) is 0.927. The van der Waals surface area contributed by atoms with Crippen LogP contribution in [0.4, 0.5) is 5.69 Å². The lowest BCUT2D eigenvalue weighted by Crippen LogP contribution is -2.41. The summed E-state index contributed by atoms with van der Waals surface area (Å²) in [7, 11) is 4.82. The van der Waals surface area contributed by atoms with Crippen molar-refractivity contribution in [2.75, 3.05) is 39.3 Å². The Labute approximate surface area is 215 Å². The molecule has 1 heterocycles. The van der Waals surface area contributed by atoms with Crippen molar-refractivity contribution in [3.8, 4) is 17.2 Å². The van der Waals surface area contributed by atoms with Crippen molar-refractivity contribution < 1.29 is 23.8 Å². The maximum Gasteiger partial charge on any atom is 0.240 e. The van der Waals surface area contributed by atoms with Crippen LogP contribution in [0.15, 0.2) is 71.6 Å². The van der Waals surface area contributed by atoms with E-state index in [4.69, 9.17) is 14.2 Å². The van der Waals surface area contributed by atoms with E-state index in [0.717, 1.165) is 27.5 Å². The fraction of sp³-hybridized carbons (Fsp3) is 0.286. The molecule has 8 heteroatoms. The van der Waals surface area contributed by atoms with Gasteiger partial charge in [-0.3, -0.25) is 9.59 Å². The zero-order valence-corrected chi connectivity index (χ0v) is 21.5. The number of thioether (sulfide) groups is 1. The van der Waals surface area contributed by atoms with Crippen molar-refractivity contribution in [3.05, 3.63) is 77.9 Å². The number of nitrogens with zero attached hydrogens (tertiary/aromatic N) is 1. The zero-order chi connectivity index (χ0) is 25.5. The molecule has 0 saturated carbocycles. The molecule has 36 heavy (non-hydrogen) atoms. The summed E-state index contributed by atoms with van der Waals surface area (Å²) in [5, 5.41) is 2.89. The number of carbonyl (C=O) groups is 2. The number of carbonyl (C=O) groups excluding carboxylic acids is 2. The Morgan fingerprint density at radius 3 is 2.44 bits per heavy atom. The van der Waals surface area contributed by atoms with Gasteiger partial charge in [-0.15, -0.1) is 11.8 Å². The number of nitrogens with one attached hydrogen (secondary N) is 1. The normalized spacial score (nSPS) is 15.0. The van der Waals surface area contributed by atoms with Crippen molar-refractivity contribution in [2.24, 2.45) is 0 Å². The van der Waals surface area contributed by atoms with Crippen LogP contribution in [0.5, 0.6) is 17.2 Å². The maximum atomic E-state index is 13.3. The highest BCUT2D eigenvalue weighted by Gasteiger charge is 2.30. The summed E-state index contributed by atoms with van der Waals surface area (Å²) in [6.45, 7) is 0.416. The van der Waals surface area contributed by atoms with Crippen LogP contribution in [-0.2, 0) is 16.0 Å². The van der Waals surface area contributed by atoms with E-state index < -0.39 is 0 Å². The van der Waals surface area contributed by atoms with Crippen molar-refractivity contribution in [1.82, 2.24) is 5.32 Å². The van der Waals surface area contributed by atoms with E-state index in [-0.39, 0.29) is 23.6 Å². The highest BCUT2D eigenvalue weighted by atomic mass is 32.2. The van der Waals surface area contributed by atoms with Crippen LogP contribution in [0.3, 0.4) is 0 Å². The lowest BCUT2D eigenvalue weighted by molar-refractivity contribution is -0.123. The van der Waals surface area contributed by atoms with Gasteiger partial charge in [0.15, 0.2) is 11.5 Å². The fourth-order valence-corrected chi connectivity index (χ4v) is 5.42. The third kappa shape index (κ3) is 5.94. The Balaban J connectivity index is 1.42. The van der Waals surface area contributed by atoms with Gasteiger partial charge in [0.05, 0.1) is 27.0 Å². The summed E-state index contributed by atoms with van der Waals surface area (Å²) < 4.78 is 15.9. The number of ether oxygens (including phenoxy) is 3. The Bertz CT molecular complexity index is 1210. The standard InChI is InChI=1S/C28H30N2O5S/c1-33-21-11-9-20(10-12-21)26-17-28(32)30(22-6-4-5-7-25(22)36-26)18-27(31)29-15-14-19-8-13-23(34-2)24(16-19)35-3/h4-13,16,26H,14-15,17-18H2,1-3H3,(H,29,31). The van der Waals surface area contributed by atoms with Crippen molar-refractivity contribution in [1.29, 1.82) is 0 Å². The summed E-state index contributed by atoms with van der Waals surface area (Å²) in [4.78, 5) is 28.7. The Hall–Kier alpha value is -3.65. The number of fused-ring (bicyclic) bond motifs is 1. The fourth-order valence-electron chi connectivity index (χ4n) is 4.14. The quantitative estimate of drug-likeness (QED) is 0.456. The van der Waals surface area contributed by atoms with Gasteiger partial charge in [0.2, 0.25) is 11.8 Å². The summed E-state index contributed by atoms with van der Waals surface area (Å²) in [5.41, 5.74) is 2.83. The molecule has 7 nitrogen and oxygen atoms in total. The molecular formula is C28H30N2O5S. The zero-order valence-electron chi connectivity index (χ0n) is 20.7. The predicted octanol–water partition coefficient (Wildman–Crippen LogP) is 4.64. The number of para-hydroxylation sites is 1. The van der Waals surface area contributed by atoms with Crippen LogP contribution < -0.4 is 24.4 Å². The second-order valence-electron chi connectivity index (χ2n) is 8.32. The topological polar surface area (TPSA) is 77.1 Å². The van der Waals surface area contributed by atoms with Gasteiger partial charge in [0.25, 0.3) is 0 Å². The Morgan fingerprint density at radius 2 is 1.72 bits per heavy atom. The Kier molecular flexibility index (Phi) is 8.38. The molecule has 1 unspecified atom stereocenters. The molecule has 1 atom stereocenters. The molecule has 0 radical (unpaired) electrons. The van der Waals surface area contributed by atoms with E-state index in [2.05, 4.69) is 5.32 Å². The molecule has 0 spiro atoms. The first kappa shape index (κ1) is 25.4. The Morgan fingerprint density at radius 1 is 0.972 bits per heavy atom. The second-order valence-corrected chi connectivity index (χ2v) is 9.57. The number of rotatable bonds is 9. The molecule has 0 fully saturated rings. The van der Waals surface area contributed by atoms with Gasteiger partial charge < -0.3 is 24.4 Å². The van der Waals surface area contributed by atoms with Gasteiger partial charge in [-0.05, 0) is 53.9 Å². The van der Waals surface area contributed by atoms with E-state index >= 15 is 0 Å². The molecule has 3 aromatic rings. The van der Waals surface area contributed by atoms with Gasteiger partial charge in [0, 0.05) is 23.1 Å². The lowest BCUT2D eigenvalue weighted by atomic mass is 10.1. The molecule has 0 aromatic heterocycles. The molecule has 2 amide bonds. The number of amides is 2. The average Bonchev–Trinajstić information content (AvgIpc) is 3.04. The highest BCUT2D eigenvalue weighted by Crippen LogP contribution is 2.45. The van der Waals surface area contributed by atoms with Crippen LogP contribution >= 0.6 is 11.8 Å². The van der Waals surface area contributed by atoms with Crippen LogP contribution in [0.1, 0.15) is 22.8 Å². The minimum Gasteiger partial charge on any atom is -0.497 e. The number of benzene rings is 3. The molecule has 3 aromatic carbocycles. The molecule has 188 valence electrons. The molecule has 0 saturated heterocycles. The summed E-state index contributed by atoms with van der Waals surface area (Å²) in [5.74, 6) is 1.80. The third-order valence-electron chi connectivity index (χ3n) is 6.06. The third-order valence-corrected chi connectivity index (χ3v) is 7.38. The van der Waals surface area contributed by atoms with E-state index in [1.807, 2.05) is 66.7 Å². The molecule has 4 rings (SSSR count). The van der Waals surface area contributed by atoms with Crippen molar-refractivity contribution in [2.45, 2.75) is 23.0 Å². The van der Waals surface area contributed by atoms with Crippen molar-refractivity contribution >= 4 is 29.3 Å². The van der Waals surface area contributed by atoms with E-state index in [9.17, 15) is 9.59 Å². The molecule has 1 aliphatic rings. The minimum atomic E-state index is -0.202. The first-order valence-corrected chi connectivity index (χ1v) is 12.6. The first-order chi connectivity index (χ1) is 17.5. The predicted molar refractivity (Wildman–Crippen MR) is 141 cm³/mol. The molecule has 1 aliphatic heterocycles. The average molecular weight is 507 g/mol. The summed E-state index contributed by atoms with van der Waals surface area (Å²) in [6, 6.07) is 21.2. The largest absolute Gasteiger partial charge is 0.497 e. The molecular weight excluding hydrogens is 476 g/mol. The van der Waals surface area contributed by atoms with Crippen molar-refractivity contribution in [3.63, 3.8) is 0 Å². The number of anilines is 1. The number of hydrogen-bond donors (Lipinski definition) is 1. The van der Waals surface area contributed by atoms with Gasteiger partial charge in [-0.1, -0.05) is 30.3 Å². The monoisotopic (exact) mass is 506 g/mol.